The zero-order valence-corrected chi connectivity index (χ0v) is 18.2. The Labute approximate surface area is 173 Å². The standard InChI is InChI=1S/C19H22BrN3O4S/c1-4-28(25,26)23(17-9-11-18(27-3)12-10-17)13-19(24)22-21-14(2)15-5-7-16(20)8-6-15/h5-12H,4,13H2,1-3H3,(H,22,24)/b21-14-. The van der Waals surface area contributed by atoms with Gasteiger partial charge in [-0.3, -0.25) is 9.10 Å². The van der Waals surface area contributed by atoms with E-state index in [1.165, 1.54) is 14.0 Å². The van der Waals surface area contributed by atoms with E-state index in [1.54, 1.807) is 31.2 Å². The van der Waals surface area contributed by atoms with Crippen LogP contribution in [0.15, 0.2) is 58.1 Å². The van der Waals surface area contributed by atoms with Gasteiger partial charge in [0.2, 0.25) is 10.0 Å². The number of ether oxygens (including phenoxy) is 1. The maximum Gasteiger partial charge on any atom is 0.260 e. The molecule has 0 aliphatic carbocycles. The fraction of sp³-hybridized carbons (Fsp3) is 0.263. The molecule has 1 amide bonds. The third-order valence-corrected chi connectivity index (χ3v) is 6.23. The van der Waals surface area contributed by atoms with Crippen molar-refractivity contribution in [2.75, 3.05) is 23.7 Å². The van der Waals surface area contributed by atoms with Crippen molar-refractivity contribution in [3.8, 4) is 5.75 Å². The lowest BCUT2D eigenvalue weighted by atomic mass is 10.1. The van der Waals surface area contributed by atoms with Gasteiger partial charge in [0.1, 0.15) is 12.3 Å². The molecule has 0 saturated heterocycles. The number of anilines is 1. The van der Waals surface area contributed by atoms with Crippen LogP contribution in [0.5, 0.6) is 5.75 Å². The van der Waals surface area contributed by atoms with Crippen LogP contribution in [0.25, 0.3) is 0 Å². The van der Waals surface area contributed by atoms with E-state index >= 15 is 0 Å². The minimum absolute atomic E-state index is 0.131. The summed E-state index contributed by atoms with van der Waals surface area (Å²) in [5.41, 5.74) is 4.25. The number of methoxy groups -OCH3 is 1. The Balaban J connectivity index is 2.15. The molecule has 7 nitrogen and oxygen atoms in total. The van der Waals surface area contributed by atoms with Crippen LogP contribution in [0.1, 0.15) is 19.4 Å². The van der Waals surface area contributed by atoms with Gasteiger partial charge in [-0.2, -0.15) is 5.10 Å². The van der Waals surface area contributed by atoms with Crippen molar-refractivity contribution < 1.29 is 17.9 Å². The Morgan fingerprint density at radius 3 is 2.29 bits per heavy atom. The highest BCUT2D eigenvalue weighted by Crippen LogP contribution is 2.22. The van der Waals surface area contributed by atoms with Gasteiger partial charge in [-0.25, -0.2) is 13.8 Å². The van der Waals surface area contributed by atoms with E-state index < -0.39 is 15.9 Å². The lowest BCUT2D eigenvalue weighted by Crippen LogP contribution is -2.40. The lowest BCUT2D eigenvalue weighted by Gasteiger charge is -2.23. The summed E-state index contributed by atoms with van der Waals surface area (Å²) in [6, 6.07) is 13.9. The van der Waals surface area contributed by atoms with Gasteiger partial charge in [0.15, 0.2) is 0 Å². The van der Waals surface area contributed by atoms with Crippen LogP contribution in [0.4, 0.5) is 5.69 Å². The van der Waals surface area contributed by atoms with Gasteiger partial charge in [0, 0.05) is 4.47 Å². The first-order valence-electron chi connectivity index (χ1n) is 8.50. The van der Waals surface area contributed by atoms with E-state index in [2.05, 4.69) is 26.5 Å². The quantitative estimate of drug-likeness (QED) is 0.476. The SMILES string of the molecule is CCS(=O)(=O)N(CC(=O)N/N=C(/C)c1ccc(Br)cc1)c1ccc(OC)cc1. The van der Waals surface area contributed by atoms with Crippen LogP contribution >= 0.6 is 15.9 Å². The number of sulfonamides is 1. The second kappa shape index (κ2) is 9.70. The summed E-state index contributed by atoms with van der Waals surface area (Å²) in [6.07, 6.45) is 0. The molecule has 1 N–H and O–H groups in total. The largest absolute Gasteiger partial charge is 0.497 e. The first kappa shape index (κ1) is 21.9. The summed E-state index contributed by atoms with van der Waals surface area (Å²) in [5.74, 6) is -0.0749. The third kappa shape index (κ3) is 5.80. The van der Waals surface area contributed by atoms with Gasteiger partial charge >= 0.3 is 0 Å². The predicted octanol–water partition coefficient (Wildman–Crippen LogP) is 3.15. The maximum atomic E-state index is 12.5. The highest BCUT2D eigenvalue weighted by atomic mass is 79.9. The number of nitrogens with one attached hydrogen (secondary N) is 1. The number of hydrogen-bond donors (Lipinski definition) is 1. The Hall–Kier alpha value is -2.39. The molecule has 0 radical (unpaired) electrons. The number of rotatable bonds is 8. The van der Waals surface area contributed by atoms with E-state index in [-0.39, 0.29) is 12.3 Å². The van der Waals surface area contributed by atoms with Gasteiger partial charge in [-0.05, 0) is 55.8 Å². The van der Waals surface area contributed by atoms with E-state index in [0.717, 1.165) is 14.3 Å². The first-order chi connectivity index (χ1) is 13.3. The smallest absolute Gasteiger partial charge is 0.260 e. The second-order valence-corrected chi connectivity index (χ2v) is 8.94. The Bertz CT molecular complexity index is 942. The van der Waals surface area contributed by atoms with Gasteiger partial charge in [0.25, 0.3) is 5.91 Å². The zero-order chi connectivity index (χ0) is 20.7. The van der Waals surface area contributed by atoms with E-state index in [9.17, 15) is 13.2 Å². The number of benzene rings is 2. The first-order valence-corrected chi connectivity index (χ1v) is 10.9. The predicted molar refractivity (Wildman–Crippen MR) is 114 cm³/mol. The van der Waals surface area contributed by atoms with Gasteiger partial charge in [-0.15, -0.1) is 0 Å². The minimum atomic E-state index is -3.65. The van der Waals surface area contributed by atoms with Crippen LogP contribution in [-0.4, -0.2) is 39.4 Å². The number of hydrogen-bond acceptors (Lipinski definition) is 5. The molecule has 0 fully saturated rings. The molecule has 150 valence electrons. The molecule has 9 heteroatoms. The molecule has 0 aromatic heterocycles. The van der Waals surface area contributed by atoms with E-state index in [1.807, 2.05) is 24.3 Å². The number of amides is 1. The van der Waals surface area contributed by atoms with Crippen molar-refractivity contribution in [2.45, 2.75) is 13.8 Å². The summed E-state index contributed by atoms with van der Waals surface area (Å²) in [7, 11) is -2.12. The van der Waals surface area contributed by atoms with Crippen molar-refractivity contribution in [3.63, 3.8) is 0 Å². The Kier molecular flexibility index (Phi) is 7.59. The Morgan fingerprint density at radius 1 is 1.14 bits per heavy atom. The molecule has 0 aliphatic rings. The van der Waals surface area contributed by atoms with Crippen LogP contribution in [0, 0.1) is 0 Å². The lowest BCUT2D eigenvalue weighted by molar-refractivity contribution is -0.119. The molecule has 0 bridgehead atoms. The summed E-state index contributed by atoms with van der Waals surface area (Å²) < 4.78 is 32.0. The molecule has 0 spiro atoms. The number of halogens is 1. The monoisotopic (exact) mass is 467 g/mol. The average molecular weight is 468 g/mol. The third-order valence-electron chi connectivity index (χ3n) is 3.96. The zero-order valence-electron chi connectivity index (χ0n) is 15.8. The summed E-state index contributed by atoms with van der Waals surface area (Å²) in [6.45, 7) is 2.91. The molecular formula is C19H22BrN3O4S. The summed E-state index contributed by atoms with van der Waals surface area (Å²) in [4.78, 5) is 12.3. The average Bonchev–Trinajstić information content (AvgIpc) is 2.70. The van der Waals surface area contributed by atoms with Crippen LogP contribution in [-0.2, 0) is 14.8 Å². The van der Waals surface area contributed by atoms with Gasteiger partial charge in [-0.1, -0.05) is 28.1 Å². The van der Waals surface area contributed by atoms with Gasteiger partial charge in [0.05, 0.1) is 24.3 Å². The molecule has 0 unspecified atom stereocenters. The van der Waals surface area contributed by atoms with Gasteiger partial charge < -0.3 is 4.74 Å². The number of hydrazone groups is 1. The summed E-state index contributed by atoms with van der Waals surface area (Å²) in [5, 5.41) is 4.07. The van der Waals surface area contributed by atoms with Crippen molar-refractivity contribution in [1.82, 2.24) is 5.43 Å². The molecule has 2 rings (SSSR count). The fourth-order valence-corrected chi connectivity index (χ4v) is 3.66. The molecule has 0 aliphatic heterocycles. The van der Waals surface area contributed by atoms with E-state index in [4.69, 9.17) is 4.74 Å². The number of carbonyl (C=O) groups is 1. The van der Waals surface area contributed by atoms with Crippen molar-refractivity contribution in [3.05, 3.63) is 58.6 Å². The molecule has 28 heavy (non-hydrogen) atoms. The summed E-state index contributed by atoms with van der Waals surface area (Å²) >= 11 is 3.36. The number of carbonyl (C=O) groups excluding carboxylic acids is 1. The minimum Gasteiger partial charge on any atom is -0.497 e. The van der Waals surface area contributed by atoms with Crippen molar-refractivity contribution in [2.24, 2.45) is 5.10 Å². The highest BCUT2D eigenvalue weighted by Gasteiger charge is 2.23. The number of nitrogens with zero attached hydrogens (tertiary/aromatic N) is 2. The Morgan fingerprint density at radius 2 is 1.75 bits per heavy atom. The fourth-order valence-electron chi connectivity index (χ4n) is 2.32. The molecular weight excluding hydrogens is 446 g/mol. The van der Waals surface area contributed by atoms with Crippen LogP contribution in [0.2, 0.25) is 0 Å². The van der Waals surface area contributed by atoms with Crippen LogP contribution < -0.4 is 14.5 Å². The van der Waals surface area contributed by atoms with E-state index in [0.29, 0.717) is 17.1 Å². The van der Waals surface area contributed by atoms with Crippen molar-refractivity contribution >= 4 is 43.3 Å². The molecule has 0 saturated carbocycles. The highest BCUT2D eigenvalue weighted by molar-refractivity contribution is 9.10. The molecule has 2 aromatic rings. The molecule has 0 heterocycles. The maximum absolute atomic E-state index is 12.5. The molecule has 0 atom stereocenters. The van der Waals surface area contributed by atoms with Crippen LogP contribution in [0.3, 0.4) is 0 Å². The van der Waals surface area contributed by atoms with Crippen molar-refractivity contribution in [1.29, 1.82) is 0 Å². The topological polar surface area (TPSA) is 88.1 Å². The normalized spacial score (nSPS) is 11.8. The second-order valence-electron chi connectivity index (χ2n) is 5.84. The molecule has 2 aromatic carbocycles.